The molecular formula is C27H34O10. The van der Waals surface area contributed by atoms with Gasteiger partial charge in [-0.05, 0) is 55.4 Å². The van der Waals surface area contributed by atoms with E-state index in [9.17, 15) is 33.9 Å². The summed E-state index contributed by atoms with van der Waals surface area (Å²) in [7, 11) is 0. The minimum absolute atomic E-state index is 0.00549. The summed E-state index contributed by atoms with van der Waals surface area (Å²) in [6.45, 7) is 3.03. The van der Waals surface area contributed by atoms with E-state index >= 15 is 0 Å². The molecule has 0 aromatic carbocycles. The first-order valence-corrected chi connectivity index (χ1v) is 12.9. The van der Waals surface area contributed by atoms with E-state index in [-0.39, 0.29) is 42.2 Å². The van der Waals surface area contributed by atoms with Crippen LogP contribution in [0.3, 0.4) is 0 Å². The predicted octanol–water partition coefficient (Wildman–Crippen LogP) is 2.11. The predicted molar refractivity (Wildman–Crippen MR) is 126 cm³/mol. The Bertz CT molecular complexity index is 1090. The highest BCUT2D eigenvalue weighted by molar-refractivity contribution is 5.95. The van der Waals surface area contributed by atoms with E-state index in [1.807, 2.05) is 0 Å². The largest absolute Gasteiger partial charge is 0.481 e. The van der Waals surface area contributed by atoms with Crippen LogP contribution in [-0.4, -0.2) is 62.8 Å². The Morgan fingerprint density at radius 1 is 1.05 bits per heavy atom. The molecule has 3 saturated carbocycles. The number of carboxylic acid groups (broad SMARTS) is 2. The standard InChI is InChI=1S/C27H34O10/c1-25-7-5-16(28)11-15(25)3-4-17-18-6-8-27(36,26(18,2)12-19(29)23(17)25)20(30)13-37-22(33)10-14(24(34)35)9-21(31)32/h11,14,17-18,23,36H,3-10,12-13H2,1-2H3,(H,31,32)(H,34,35)/t14?,17?,18?,23?,25-,26-,27-/m0/s1. The van der Waals surface area contributed by atoms with Crippen LogP contribution in [0.4, 0.5) is 0 Å². The number of carbonyl (C=O) groups is 6. The van der Waals surface area contributed by atoms with Gasteiger partial charge in [0.15, 0.2) is 12.4 Å². The van der Waals surface area contributed by atoms with Gasteiger partial charge in [-0.15, -0.1) is 0 Å². The normalized spacial score (nSPS) is 37.5. The number of rotatable bonds is 8. The number of aliphatic carboxylic acids is 2. The van der Waals surface area contributed by atoms with Crippen molar-refractivity contribution < 1.29 is 48.8 Å². The Hall–Kier alpha value is -2.88. The van der Waals surface area contributed by atoms with Crippen LogP contribution < -0.4 is 0 Å². The van der Waals surface area contributed by atoms with E-state index in [0.717, 1.165) is 5.57 Å². The molecule has 7 atom stereocenters. The maximum absolute atomic E-state index is 13.6. The summed E-state index contributed by atoms with van der Waals surface area (Å²) in [5, 5.41) is 29.6. The first-order chi connectivity index (χ1) is 17.2. The number of ketones is 3. The number of allylic oxidation sites excluding steroid dienone is 1. The highest BCUT2D eigenvalue weighted by Crippen LogP contribution is 2.66. The van der Waals surface area contributed by atoms with E-state index in [0.29, 0.717) is 32.1 Å². The molecule has 0 heterocycles. The van der Waals surface area contributed by atoms with Crippen LogP contribution in [0.1, 0.15) is 71.6 Å². The molecule has 0 bridgehead atoms. The van der Waals surface area contributed by atoms with Crippen LogP contribution in [0, 0.1) is 34.5 Å². The SMILES string of the molecule is C[C@]12CCC(=O)C=C1CCC1C2C(=O)C[C@@]2(C)C1CC[C@]2(O)C(=O)COC(=O)CC(CC(=O)O)C(=O)O. The second kappa shape index (κ2) is 9.45. The minimum Gasteiger partial charge on any atom is -0.481 e. The van der Waals surface area contributed by atoms with Gasteiger partial charge in [-0.3, -0.25) is 28.8 Å². The molecule has 10 heteroatoms. The maximum Gasteiger partial charge on any atom is 0.307 e. The molecule has 0 aliphatic heterocycles. The number of esters is 1. The molecule has 3 N–H and O–H groups in total. The number of fused-ring (bicyclic) bond motifs is 5. The zero-order valence-electron chi connectivity index (χ0n) is 21.2. The van der Waals surface area contributed by atoms with Crippen molar-refractivity contribution in [2.75, 3.05) is 6.61 Å². The van der Waals surface area contributed by atoms with Gasteiger partial charge < -0.3 is 20.1 Å². The fraction of sp³-hybridized carbons (Fsp3) is 0.704. The summed E-state index contributed by atoms with van der Waals surface area (Å²) in [5.74, 6) is -6.45. The Labute approximate surface area is 214 Å². The van der Waals surface area contributed by atoms with E-state index < -0.39 is 65.5 Å². The molecule has 3 fully saturated rings. The summed E-state index contributed by atoms with van der Waals surface area (Å²) in [5.41, 5.74) is -2.29. The number of carbonyl (C=O) groups excluding carboxylic acids is 4. The lowest BCUT2D eigenvalue weighted by Gasteiger charge is -2.57. The van der Waals surface area contributed by atoms with Crippen molar-refractivity contribution in [1.29, 1.82) is 0 Å². The third kappa shape index (κ3) is 4.43. The molecule has 0 aromatic heterocycles. The number of carboxylic acids is 2. The van der Waals surface area contributed by atoms with Crippen LogP contribution in [-0.2, 0) is 33.5 Å². The number of hydrogen-bond acceptors (Lipinski definition) is 8. The van der Waals surface area contributed by atoms with Crippen molar-refractivity contribution in [3.8, 4) is 0 Å². The van der Waals surface area contributed by atoms with Crippen molar-refractivity contribution in [1.82, 2.24) is 0 Å². The van der Waals surface area contributed by atoms with E-state index in [1.165, 1.54) is 0 Å². The molecule has 0 spiro atoms. The molecule has 202 valence electrons. The van der Waals surface area contributed by atoms with Crippen LogP contribution in [0.15, 0.2) is 11.6 Å². The fourth-order valence-electron chi connectivity index (χ4n) is 7.83. The van der Waals surface area contributed by atoms with Crippen molar-refractivity contribution in [2.24, 2.45) is 34.5 Å². The highest BCUT2D eigenvalue weighted by Gasteiger charge is 2.68. The molecule has 10 nitrogen and oxygen atoms in total. The molecule has 4 aliphatic rings. The first-order valence-electron chi connectivity index (χ1n) is 12.9. The van der Waals surface area contributed by atoms with Gasteiger partial charge in [0, 0.05) is 24.2 Å². The zero-order valence-corrected chi connectivity index (χ0v) is 21.2. The first kappa shape index (κ1) is 27.2. The molecule has 0 saturated heterocycles. The van der Waals surface area contributed by atoms with Crippen LogP contribution in [0.5, 0.6) is 0 Å². The number of aliphatic hydroxyl groups is 1. The van der Waals surface area contributed by atoms with Gasteiger partial charge >= 0.3 is 17.9 Å². The lowest BCUT2D eigenvalue weighted by Crippen LogP contribution is -2.61. The molecule has 37 heavy (non-hydrogen) atoms. The lowest BCUT2D eigenvalue weighted by molar-refractivity contribution is -0.174. The average Bonchev–Trinajstić information content (AvgIpc) is 3.08. The highest BCUT2D eigenvalue weighted by atomic mass is 16.5. The third-order valence-electron chi connectivity index (χ3n) is 9.82. The minimum atomic E-state index is -1.88. The summed E-state index contributed by atoms with van der Waals surface area (Å²) in [6.07, 6.45) is 3.31. The van der Waals surface area contributed by atoms with E-state index in [2.05, 4.69) is 6.92 Å². The Morgan fingerprint density at radius 3 is 2.41 bits per heavy atom. The van der Waals surface area contributed by atoms with Crippen molar-refractivity contribution in [2.45, 2.75) is 77.2 Å². The summed E-state index contributed by atoms with van der Waals surface area (Å²) < 4.78 is 4.97. The topological polar surface area (TPSA) is 172 Å². The second-order valence-corrected chi connectivity index (χ2v) is 11.7. The van der Waals surface area contributed by atoms with Gasteiger partial charge in [0.05, 0.1) is 18.8 Å². The maximum atomic E-state index is 13.6. The molecule has 0 amide bonds. The second-order valence-electron chi connectivity index (χ2n) is 11.7. The van der Waals surface area contributed by atoms with Crippen molar-refractivity contribution in [3.63, 3.8) is 0 Å². The number of Topliss-reactive ketones (excluding diaryl/α,β-unsaturated/α-hetero) is 2. The van der Waals surface area contributed by atoms with E-state index in [4.69, 9.17) is 14.9 Å². The molecule has 4 aliphatic carbocycles. The molecule has 4 unspecified atom stereocenters. The summed E-state index contributed by atoms with van der Waals surface area (Å²) in [6, 6.07) is 0. The summed E-state index contributed by atoms with van der Waals surface area (Å²) in [4.78, 5) is 73.1. The Morgan fingerprint density at radius 2 is 1.76 bits per heavy atom. The molecule has 0 aromatic rings. The third-order valence-corrected chi connectivity index (χ3v) is 9.82. The number of hydrogen-bond donors (Lipinski definition) is 3. The van der Waals surface area contributed by atoms with Gasteiger partial charge in [-0.2, -0.15) is 0 Å². The molecule has 4 rings (SSSR count). The smallest absolute Gasteiger partial charge is 0.307 e. The lowest BCUT2D eigenvalue weighted by atomic mass is 9.46. The van der Waals surface area contributed by atoms with Gasteiger partial charge in [-0.1, -0.05) is 19.4 Å². The van der Waals surface area contributed by atoms with E-state index in [1.54, 1.807) is 13.0 Å². The van der Waals surface area contributed by atoms with Crippen LogP contribution in [0.2, 0.25) is 0 Å². The van der Waals surface area contributed by atoms with Crippen molar-refractivity contribution >= 4 is 35.3 Å². The quantitative estimate of drug-likeness (QED) is 0.404. The average molecular weight is 519 g/mol. The zero-order chi connectivity index (χ0) is 27.3. The number of ether oxygens (including phenoxy) is 1. The van der Waals surface area contributed by atoms with Gasteiger partial charge in [0.1, 0.15) is 11.4 Å². The van der Waals surface area contributed by atoms with Crippen molar-refractivity contribution in [3.05, 3.63) is 11.6 Å². The summed E-state index contributed by atoms with van der Waals surface area (Å²) >= 11 is 0. The van der Waals surface area contributed by atoms with Crippen LogP contribution >= 0.6 is 0 Å². The Kier molecular flexibility index (Phi) is 6.94. The Balaban J connectivity index is 1.48. The molecule has 0 radical (unpaired) electrons. The molecular weight excluding hydrogens is 484 g/mol. The van der Waals surface area contributed by atoms with Gasteiger partial charge in [0.25, 0.3) is 0 Å². The monoisotopic (exact) mass is 518 g/mol. The van der Waals surface area contributed by atoms with Gasteiger partial charge in [-0.25, -0.2) is 0 Å². The van der Waals surface area contributed by atoms with Crippen LogP contribution in [0.25, 0.3) is 0 Å². The van der Waals surface area contributed by atoms with Gasteiger partial charge in [0.2, 0.25) is 5.78 Å². The fourth-order valence-corrected chi connectivity index (χ4v) is 7.83.